The highest BCUT2D eigenvalue weighted by Gasteiger charge is 2.35. The monoisotopic (exact) mass is 352 g/mol. The molecule has 1 aromatic carbocycles. The summed E-state index contributed by atoms with van der Waals surface area (Å²) in [5, 5.41) is 2.93. The molecule has 1 aromatic rings. The smallest absolute Gasteiger partial charge is 0.227 e. The Bertz CT molecular complexity index is 531. The van der Waals surface area contributed by atoms with E-state index in [2.05, 4.69) is 35.1 Å². The van der Waals surface area contributed by atoms with E-state index in [0.717, 1.165) is 16.6 Å². The molecule has 21 heavy (non-hydrogen) atoms. The molecule has 1 saturated heterocycles. The van der Waals surface area contributed by atoms with Crippen LogP contribution in [0.1, 0.15) is 26.7 Å². The number of para-hydroxylation sites is 1. The molecule has 5 heteroatoms. The van der Waals surface area contributed by atoms with Gasteiger partial charge in [0.15, 0.2) is 0 Å². The fraction of sp³-hybridized carbons (Fsp3) is 0.500. The van der Waals surface area contributed by atoms with Crippen molar-refractivity contribution >= 4 is 33.4 Å². The van der Waals surface area contributed by atoms with E-state index in [1.165, 1.54) is 0 Å². The first-order chi connectivity index (χ1) is 9.99. The third kappa shape index (κ3) is 4.06. The topological polar surface area (TPSA) is 49.4 Å². The lowest BCUT2D eigenvalue weighted by Gasteiger charge is -2.18. The normalized spacial score (nSPS) is 18.4. The molecule has 114 valence electrons. The summed E-state index contributed by atoms with van der Waals surface area (Å²) in [5.74, 6) is 0.300. The molecule has 1 fully saturated rings. The lowest BCUT2D eigenvalue weighted by molar-refractivity contribution is -0.126. The lowest BCUT2D eigenvalue weighted by atomic mass is 10.1. The fourth-order valence-electron chi connectivity index (χ4n) is 2.42. The number of hydrogen-bond acceptors (Lipinski definition) is 2. The van der Waals surface area contributed by atoms with Gasteiger partial charge in [-0.05, 0) is 40.4 Å². The van der Waals surface area contributed by atoms with Crippen molar-refractivity contribution in [3.63, 3.8) is 0 Å². The summed E-state index contributed by atoms with van der Waals surface area (Å²) in [6, 6.07) is 7.59. The molecule has 0 aliphatic carbocycles. The number of benzene rings is 1. The molecule has 0 bridgehead atoms. The molecule has 1 aliphatic rings. The summed E-state index contributed by atoms with van der Waals surface area (Å²) in [4.78, 5) is 26.0. The van der Waals surface area contributed by atoms with Gasteiger partial charge in [0.25, 0.3) is 0 Å². The summed E-state index contributed by atoms with van der Waals surface area (Å²) >= 11 is 3.45. The third-order valence-corrected chi connectivity index (χ3v) is 4.33. The number of rotatable bonds is 5. The Labute approximate surface area is 134 Å². The van der Waals surface area contributed by atoms with Gasteiger partial charge in [-0.2, -0.15) is 0 Å². The molecule has 2 rings (SSSR count). The predicted molar refractivity (Wildman–Crippen MR) is 87.1 cm³/mol. The molecule has 0 spiro atoms. The zero-order valence-corrected chi connectivity index (χ0v) is 14.0. The van der Waals surface area contributed by atoms with Gasteiger partial charge in [0, 0.05) is 24.0 Å². The SMILES string of the molecule is CC(C)CCNC(=O)C1CC(=O)N(c2ccccc2Br)C1. The second kappa shape index (κ2) is 7.07. The van der Waals surface area contributed by atoms with E-state index >= 15 is 0 Å². The van der Waals surface area contributed by atoms with Crippen LogP contribution in [0.2, 0.25) is 0 Å². The van der Waals surface area contributed by atoms with E-state index in [-0.39, 0.29) is 24.2 Å². The number of carbonyl (C=O) groups is 2. The molecular weight excluding hydrogens is 332 g/mol. The van der Waals surface area contributed by atoms with Crippen molar-refractivity contribution in [3.05, 3.63) is 28.7 Å². The van der Waals surface area contributed by atoms with Gasteiger partial charge in [-0.3, -0.25) is 9.59 Å². The molecule has 0 radical (unpaired) electrons. The average molecular weight is 353 g/mol. The van der Waals surface area contributed by atoms with Gasteiger partial charge < -0.3 is 10.2 Å². The van der Waals surface area contributed by atoms with Crippen LogP contribution in [0.3, 0.4) is 0 Å². The number of nitrogens with zero attached hydrogens (tertiary/aromatic N) is 1. The summed E-state index contributed by atoms with van der Waals surface area (Å²) in [6.07, 6.45) is 1.25. The molecular formula is C16H21BrN2O2. The minimum absolute atomic E-state index is 0.00547. The molecule has 0 saturated carbocycles. The van der Waals surface area contributed by atoms with Crippen LogP contribution in [0.25, 0.3) is 0 Å². The van der Waals surface area contributed by atoms with E-state index in [9.17, 15) is 9.59 Å². The highest BCUT2D eigenvalue weighted by molar-refractivity contribution is 9.10. The van der Waals surface area contributed by atoms with Crippen molar-refractivity contribution in [2.45, 2.75) is 26.7 Å². The highest BCUT2D eigenvalue weighted by atomic mass is 79.9. The number of anilines is 1. The van der Waals surface area contributed by atoms with E-state index < -0.39 is 0 Å². The first-order valence-corrected chi connectivity index (χ1v) is 8.11. The van der Waals surface area contributed by atoms with Crippen LogP contribution in [-0.4, -0.2) is 24.9 Å². The van der Waals surface area contributed by atoms with Gasteiger partial charge in [-0.15, -0.1) is 0 Å². The predicted octanol–water partition coefficient (Wildman–Crippen LogP) is 2.96. The van der Waals surface area contributed by atoms with Crippen molar-refractivity contribution in [2.24, 2.45) is 11.8 Å². The van der Waals surface area contributed by atoms with Crippen molar-refractivity contribution in [1.29, 1.82) is 0 Å². The Kier molecular flexibility index (Phi) is 5.39. The van der Waals surface area contributed by atoms with Crippen molar-refractivity contribution < 1.29 is 9.59 Å². The number of amides is 2. The van der Waals surface area contributed by atoms with E-state index in [4.69, 9.17) is 0 Å². The summed E-state index contributed by atoms with van der Waals surface area (Å²) in [7, 11) is 0. The van der Waals surface area contributed by atoms with E-state index in [1.54, 1.807) is 4.90 Å². The van der Waals surface area contributed by atoms with Gasteiger partial charge in [-0.25, -0.2) is 0 Å². The van der Waals surface area contributed by atoms with Crippen molar-refractivity contribution in [2.75, 3.05) is 18.0 Å². The summed E-state index contributed by atoms with van der Waals surface area (Å²) < 4.78 is 0.874. The maximum absolute atomic E-state index is 12.1. The Hall–Kier alpha value is -1.36. The van der Waals surface area contributed by atoms with Crippen molar-refractivity contribution in [3.8, 4) is 0 Å². The van der Waals surface area contributed by atoms with Gasteiger partial charge in [-0.1, -0.05) is 26.0 Å². The molecule has 4 nitrogen and oxygen atoms in total. The molecule has 0 aromatic heterocycles. The zero-order chi connectivity index (χ0) is 15.4. The largest absolute Gasteiger partial charge is 0.356 e. The maximum Gasteiger partial charge on any atom is 0.227 e. The van der Waals surface area contributed by atoms with Crippen molar-refractivity contribution in [1.82, 2.24) is 5.32 Å². The standard InChI is InChI=1S/C16H21BrN2O2/c1-11(2)7-8-18-16(21)12-9-15(20)19(10-12)14-6-4-3-5-13(14)17/h3-6,11-12H,7-10H2,1-2H3,(H,18,21). The number of hydrogen-bond donors (Lipinski definition) is 1. The van der Waals surface area contributed by atoms with Crippen LogP contribution in [0.15, 0.2) is 28.7 Å². The van der Waals surface area contributed by atoms with Crippen LogP contribution in [0.4, 0.5) is 5.69 Å². The number of halogens is 1. The quantitative estimate of drug-likeness (QED) is 0.885. The first kappa shape index (κ1) is 16.0. The number of nitrogens with one attached hydrogen (secondary N) is 1. The highest BCUT2D eigenvalue weighted by Crippen LogP contribution is 2.31. The van der Waals surface area contributed by atoms with Gasteiger partial charge >= 0.3 is 0 Å². The van der Waals surface area contributed by atoms with Crippen LogP contribution in [0.5, 0.6) is 0 Å². The summed E-state index contributed by atoms with van der Waals surface area (Å²) in [6.45, 7) is 5.38. The number of carbonyl (C=O) groups excluding carboxylic acids is 2. The van der Waals surface area contributed by atoms with Crippen LogP contribution < -0.4 is 10.2 Å². The first-order valence-electron chi connectivity index (χ1n) is 7.31. The molecule has 1 aliphatic heterocycles. The molecule has 1 atom stereocenters. The van der Waals surface area contributed by atoms with E-state index in [1.807, 2.05) is 24.3 Å². The summed E-state index contributed by atoms with van der Waals surface area (Å²) in [5.41, 5.74) is 0.833. The van der Waals surface area contributed by atoms with Gasteiger partial charge in [0.2, 0.25) is 11.8 Å². The minimum atomic E-state index is -0.253. The Balaban J connectivity index is 1.96. The third-order valence-electron chi connectivity index (χ3n) is 3.66. The second-order valence-electron chi connectivity index (χ2n) is 5.83. The van der Waals surface area contributed by atoms with Crippen LogP contribution in [-0.2, 0) is 9.59 Å². The second-order valence-corrected chi connectivity index (χ2v) is 6.68. The van der Waals surface area contributed by atoms with Crippen LogP contribution in [0, 0.1) is 11.8 Å². The molecule has 1 unspecified atom stereocenters. The van der Waals surface area contributed by atoms with Gasteiger partial charge in [0.05, 0.1) is 11.6 Å². The zero-order valence-electron chi connectivity index (χ0n) is 12.4. The molecule has 1 N–H and O–H groups in total. The molecule has 1 heterocycles. The Morgan fingerprint density at radius 3 is 2.81 bits per heavy atom. The fourth-order valence-corrected chi connectivity index (χ4v) is 2.91. The minimum Gasteiger partial charge on any atom is -0.356 e. The molecule has 2 amide bonds. The average Bonchev–Trinajstić information content (AvgIpc) is 2.81. The maximum atomic E-state index is 12.1. The Morgan fingerprint density at radius 2 is 2.14 bits per heavy atom. The van der Waals surface area contributed by atoms with Gasteiger partial charge in [0.1, 0.15) is 0 Å². The van der Waals surface area contributed by atoms with E-state index in [0.29, 0.717) is 19.0 Å². The van der Waals surface area contributed by atoms with Crippen LogP contribution >= 0.6 is 15.9 Å². The lowest BCUT2D eigenvalue weighted by Crippen LogP contribution is -2.34. The Morgan fingerprint density at radius 1 is 1.43 bits per heavy atom.